The van der Waals surface area contributed by atoms with Crippen molar-refractivity contribution in [2.24, 2.45) is 0 Å². The van der Waals surface area contributed by atoms with E-state index < -0.39 is 5.91 Å². The first-order chi connectivity index (χ1) is 8.99. The molecule has 2 aromatic rings. The highest BCUT2D eigenvalue weighted by molar-refractivity contribution is 9.10. The van der Waals surface area contributed by atoms with Crippen LogP contribution in [0, 0.1) is 0 Å². The van der Waals surface area contributed by atoms with Crippen LogP contribution in [0.3, 0.4) is 0 Å². The summed E-state index contributed by atoms with van der Waals surface area (Å²) < 4.78 is 0.855. The SMILES string of the molecule is O=C(Nc1cccc(Br)c1)c1c(Cl)ccc(Cl)c1Cl. The second-order valence-electron chi connectivity index (χ2n) is 3.68. The quantitative estimate of drug-likeness (QED) is 0.670. The van der Waals surface area contributed by atoms with Gasteiger partial charge in [-0.1, -0.05) is 56.8 Å². The predicted molar refractivity (Wildman–Crippen MR) is 83.6 cm³/mol. The van der Waals surface area contributed by atoms with Crippen LogP contribution in [0.15, 0.2) is 40.9 Å². The summed E-state index contributed by atoms with van der Waals surface area (Å²) in [5, 5.41) is 3.39. The minimum atomic E-state index is -0.407. The first-order valence-electron chi connectivity index (χ1n) is 5.19. The van der Waals surface area contributed by atoms with Gasteiger partial charge in [-0.15, -0.1) is 0 Å². The summed E-state index contributed by atoms with van der Waals surface area (Å²) in [6.07, 6.45) is 0. The third-order valence-electron chi connectivity index (χ3n) is 2.35. The number of rotatable bonds is 2. The van der Waals surface area contributed by atoms with Crippen LogP contribution in [-0.4, -0.2) is 5.91 Å². The van der Waals surface area contributed by atoms with Crippen molar-refractivity contribution in [3.8, 4) is 0 Å². The van der Waals surface area contributed by atoms with Gasteiger partial charge in [0.15, 0.2) is 0 Å². The molecule has 0 radical (unpaired) electrons. The molecule has 1 amide bonds. The van der Waals surface area contributed by atoms with Crippen molar-refractivity contribution in [3.63, 3.8) is 0 Å². The predicted octanol–water partition coefficient (Wildman–Crippen LogP) is 5.66. The zero-order valence-electron chi connectivity index (χ0n) is 9.38. The summed E-state index contributed by atoms with van der Waals surface area (Å²) in [5.41, 5.74) is 0.794. The lowest BCUT2D eigenvalue weighted by atomic mass is 10.2. The zero-order chi connectivity index (χ0) is 14.0. The summed E-state index contributed by atoms with van der Waals surface area (Å²) in [4.78, 5) is 12.2. The van der Waals surface area contributed by atoms with Gasteiger partial charge in [-0.05, 0) is 30.3 Å². The van der Waals surface area contributed by atoms with E-state index in [1.807, 2.05) is 6.07 Å². The number of carbonyl (C=O) groups is 1. The molecule has 2 rings (SSSR count). The molecule has 0 aliphatic rings. The molecular formula is C13H7BrCl3NO. The Kier molecular flexibility index (Phi) is 4.74. The highest BCUT2D eigenvalue weighted by atomic mass is 79.9. The molecular weight excluding hydrogens is 372 g/mol. The van der Waals surface area contributed by atoms with Crippen LogP contribution in [0.4, 0.5) is 5.69 Å². The second kappa shape index (κ2) is 6.14. The summed E-state index contributed by atoms with van der Waals surface area (Å²) in [6, 6.07) is 10.3. The molecule has 0 aliphatic carbocycles. The second-order valence-corrected chi connectivity index (χ2v) is 5.79. The summed E-state index contributed by atoms with van der Waals surface area (Å²) in [6.45, 7) is 0. The van der Waals surface area contributed by atoms with E-state index in [1.165, 1.54) is 6.07 Å². The number of halogens is 4. The molecule has 0 atom stereocenters. The highest BCUT2D eigenvalue weighted by Crippen LogP contribution is 2.32. The van der Waals surface area contributed by atoms with Crippen LogP contribution in [0.25, 0.3) is 0 Å². The van der Waals surface area contributed by atoms with Crippen molar-refractivity contribution in [2.45, 2.75) is 0 Å². The Hall–Kier alpha value is -0.740. The topological polar surface area (TPSA) is 29.1 Å². The number of nitrogens with one attached hydrogen (secondary N) is 1. The van der Waals surface area contributed by atoms with Crippen molar-refractivity contribution in [1.29, 1.82) is 0 Å². The number of carbonyl (C=O) groups excluding carboxylic acids is 1. The van der Waals surface area contributed by atoms with Crippen LogP contribution >= 0.6 is 50.7 Å². The molecule has 19 heavy (non-hydrogen) atoms. The molecule has 0 saturated carbocycles. The van der Waals surface area contributed by atoms with E-state index in [-0.39, 0.29) is 20.6 Å². The maximum absolute atomic E-state index is 12.2. The van der Waals surface area contributed by atoms with Gasteiger partial charge in [0.2, 0.25) is 0 Å². The van der Waals surface area contributed by atoms with Crippen molar-refractivity contribution < 1.29 is 4.79 Å². The Morgan fingerprint density at radius 2 is 1.74 bits per heavy atom. The number of hydrogen-bond donors (Lipinski definition) is 1. The normalized spacial score (nSPS) is 10.3. The van der Waals surface area contributed by atoms with Crippen molar-refractivity contribution >= 4 is 62.3 Å². The number of hydrogen-bond acceptors (Lipinski definition) is 1. The molecule has 0 aromatic heterocycles. The summed E-state index contributed by atoms with van der Waals surface area (Å²) in [7, 11) is 0. The molecule has 0 saturated heterocycles. The van der Waals surface area contributed by atoms with Gasteiger partial charge in [-0.3, -0.25) is 4.79 Å². The minimum Gasteiger partial charge on any atom is -0.322 e. The average molecular weight is 379 g/mol. The van der Waals surface area contributed by atoms with E-state index in [4.69, 9.17) is 34.8 Å². The maximum Gasteiger partial charge on any atom is 0.258 e. The van der Waals surface area contributed by atoms with Crippen LogP contribution in [-0.2, 0) is 0 Å². The molecule has 0 aliphatic heterocycles. The first-order valence-corrected chi connectivity index (χ1v) is 7.12. The molecule has 2 aromatic carbocycles. The van der Waals surface area contributed by atoms with E-state index in [1.54, 1.807) is 24.3 Å². The number of benzene rings is 2. The van der Waals surface area contributed by atoms with Crippen LogP contribution in [0.1, 0.15) is 10.4 Å². The van der Waals surface area contributed by atoms with Crippen LogP contribution in [0.2, 0.25) is 15.1 Å². The highest BCUT2D eigenvalue weighted by Gasteiger charge is 2.17. The van der Waals surface area contributed by atoms with Crippen LogP contribution < -0.4 is 5.32 Å². The molecule has 1 N–H and O–H groups in total. The number of amides is 1. The van der Waals surface area contributed by atoms with E-state index in [0.717, 1.165) is 4.47 Å². The lowest BCUT2D eigenvalue weighted by molar-refractivity contribution is 0.102. The van der Waals surface area contributed by atoms with Crippen LogP contribution in [0.5, 0.6) is 0 Å². The van der Waals surface area contributed by atoms with E-state index in [9.17, 15) is 4.79 Å². The Morgan fingerprint density at radius 3 is 2.42 bits per heavy atom. The van der Waals surface area contributed by atoms with Crippen molar-refractivity contribution in [3.05, 3.63) is 61.5 Å². The van der Waals surface area contributed by atoms with Gasteiger partial charge in [-0.25, -0.2) is 0 Å². The lowest BCUT2D eigenvalue weighted by Gasteiger charge is -2.09. The minimum absolute atomic E-state index is 0.140. The van der Waals surface area contributed by atoms with Gasteiger partial charge in [0.05, 0.1) is 20.6 Å². The molecule has 0 bridgehead atoms. The van der Waals surface area contributed by atoms with Gasteiger partial charge >= 0.3 is 0 Å². The molecule has 0 heterocycles. The lowest BCUT2D eigenvalue weighted by Crippen LogP contribution is -2.13. The van der Waals surface area contributed by atoms with Gasteiger partial charge in [0, 0.05) is 10.2 Å². The number of anilines is 1. The van der Waals surface area contributed by atoms with E-state index in [0.29, 0.717) is 5.69 Å². The van der Waals surface area contributed by atoms with E-state index >= 15 is 0 Å². The first kappa shape index (κ1) is 14.7. The fraction of sp³-hybridized carbons (Fsp3) is 0. The molecule has 0 unspecified atom stereocenters. The molecule has 98 valence electrons. The summed E-state index contributed by atoms with van der Waals surface area (Å²) >= 11 is 21.2. The molecule has 2 nitrogen and oxygen atoms in total. The monoisotopic (exact) mass is 377 g/mol. The molecule has 0 fully saturated rings. The standard InChI is InChI=1S/C13H7BrCl3NO/c14-7-2-1-3-8(6-7)18-13(19)11-9(15)4-5-10(16)12(11)17/h1-6H,(H,18,19). The Morgan fingerprint density at radius 1 is 1.05 bits per heavy atom. The van der Waals surface area contributed by atoms with Gasteiger partial charge in [-0.2, -0.15) is 0 Å². The third kappa shape index (κ3) is 3.42. The van der Waals surface area contributed by atoms with Gasteiger partial charge < -0.3 is 5.32 Å². The van der Waals surface area contributed by atoms with E-state index in [2.05, 4.69) is 21.2 Å². The van der Waals surface area contributed by atoms with Crippen molar-refractivity contribution in [2.75, 3.05) is 5.32 Å². The zero-order valence-corrected chi connectivity index (χ0v) is 13.2. The van der Waals surface area contributed by atoms with Gasteiger partial charge in [0.1, 0.15) is 0 Å². The fourth-order valence-electron chi connectivity index (χ4n) is 1.50. The Labute approximate surface area is 133 Å². The largest absolute Gasteiger partial charge is 0.322 e. The van der Waals surface area contributed by atoms with Crippen molar-refractivity contribution in [1.82, 2.24) is 0 Å². The fourth-order valence-corrected chi connectivity index (χ4v) is 2.59. The Balaban J connectivity index is 2.33. The molecule has 0 spiro atoms. The smallest absolute Gasteiger partial charge is 0.258 e. The summed E-state index contributed by atoms with van der Waals surface area (Å²) in [5.74, 6) is -0.407. The third-order valence-corrected chi connectivity index (χ3v) is 3.97. The molecule has 6 heteroatoms. The van der Waals surface area contributed by atoms with Gasteiger partial charge in [0.25, 0.3) is 5.91 Å². The Bertz CT molecular complexity index is 646. The maximum atomic E-state index is 12.2. The average Bonchev–Trinajstić information content (AvgIpc) is 2.34.